The summed E-state index contributed by atoms with van der Waals surface area (Å²) in [5.74, 6) is 0.287. The van der Waals surface area contributed by atoms with Gasteiger partial charge in [-0.25, -0.2) is 4.98 Å². The van der Waals surface area contributed by atoms with Gasteiger partial charge in [0.2, 0.25) is 5.13 Å². The van der Waals surface area contributed by atoms with Crippen LogP contribution in [-0.2, 0) is 5.75 Å². The minimum absolute atomic E-state index is 0.265. The summed E-state index contributed by atoms with van der Waals surface area (Å²) < 4.78 is 0.705. The summed E-state index contributed by atoms with van der Waals surface area (Å²) in [6.07, 6.45) is 0. The molecule has 0 unspecified atom stereocenters. The Balaban J connectivity index is 1.38. The van der Waals surface area contributed by atoms with Crippen LogP contribution in [0, 0.1) is 6.92 Å². The van der Waals surface area contributed by atoms with Crippen LogP contribution in [-0.4, -0.2) is 21.1 Å². The molecule has 2 heterocycles. The van der Waals surface area contributed by atoms with E-state index in [0.29, 0.717) is 30.8 Å². The highest BCUT2D eigenvalue weighted by molar-refractivity contribution is 8.00. The van der Waals surface area contributed by atoms with Crippen molar-refractivity contribution in [2.75, 3.05) is 5.32 Å². The SMILES string of the molecule is Cc1ccc(-c2cc(C(=O)Nc3nnc(SCc4c(Cl)cccc4Cl)s3)c3ccccc3n2)cc1. The number of nitrogens with one attached hydrogen (secondary N) is 1. The molecule has 0 bridgehead atoms. The number of aromatic nitrogens is 3. The first-order chi connectivity index (χ1) is 17.0. The molecule has 0 aliphatic heterocycles. The van der Waals surface area contributed by atoms with Crippen LogP contribution < -0.4 is 5.32 Å². The smallest absolute Gasteiger partial charge is 0.258 e. The molecule has 3 aromatic carbocycles. The number of thioether (sulfide) groups is 1. The Morgan fingerprint density at radius 3 is 2.49 bits per heavy atom. The molecule has 5 rings (SSSR count). The Labute approximate surface area is 220 Å². The van der Waals surface area contributed by atoms with Gasteiger partial charge in [0.15, 0.2) is 4.34 Å². The Morgan fingerprint density at radius 2 is 1.71 bits per heavy atom. The summed E-state index contributed by atoms with van der Waals surface area (Å²) in [4.78, 5) is 18.1. The van der Waals surface area contributed by atoms with E-state index < -0.39 is 0 Å². The third-order valence-electron chi connectivity index (χ3n) is 5.34. The molecule has 2 aromatic heterocycles. The number of hydrogen-bond donors (Lipinski definition) is 1. The van der Waals surface area contributed by atoms with Crippen LogP contribution in [0.25, 0.3) is 22.2 Å². The van der Waals surface area contributed by atoms with Gasteiger partial charge >= 0.3 is 0 Å². The predicted molar refractivity (Wildman–Crippen MR) is 146 cm³/mol. The molecule has 0 aliphatic rings. The van der Waals surface area contributed by atoms with Crippen LogP contribution in [0.5, 0.6) is 0 Å². The van der Waals surface area contributed by atoms with Gasteiger partial charge in [-0.1, -0.05) is 100 Å². The zero-order valence-corrected chi connectivity index (χ0v) is 21.6. The van der Waals surface area contributed by atoms with Gasteiger partial charge in [-0.15, -0.1) is 10.2 Å². The zero-order chi connectivity index (χ0) is 24.4. The number of carbonyl (C=O) groups excluding carboxylic acids is 1. The largest absolute Gasteiger partial charge is 0.296 e. The van der Waals surface area contributed by atoms with Crippen LogP contribution in [0.15, 0.2) is 77.1 Å². The number of rotatable bonds is 6. The van der Waals surface area contributed by atoms with Gasteiger partial charge in [0.05, 0.1) is 16.8 Å². The van der Waals surface area contributed by atoms with Gasteiger partial charge in [0, 0.05) is 26.7 Å². The molecule has 5 nitrogen and oxygen atoms in total. The molecule has 9 heteroatoms. The molecule has 0 aliphatic carbocycles. The number of amides is 1. The number of anilines is 1. The number of para-hydroxylation sites is 1. The standard InChI is InChI=1S/C26H18Cl2N4OS2/c1-15-9-11-16(12-10-15)23-13-18(17-5-2-3-8-22(17)29-23)24(33)30-25-31-32-26(35-25)34-14-19-20(27)6-4-7-21(19)28/h2-13H,14H2,1H3,(H,30,31,33). The number of pyridine rings is 1. The van der Waals surface area contributed by atoms with Gasteiger partial charge in [-0.05, 0) is 36.8 Å². The van der Waals surface area contributed by atoms with Crippen molar-refractivity contribution in [3.05, 3.63) is 99.5 Å². The lowest BCUT2D eigenvalue weighted by Gasteiger charge is -2.09. The molecular formula is C26H18Cl2N4OS2. The normalized spacial score (nSPS) is 11.1. The van der Waals surface area contributed by atoms with Crippen molar-refractivity contribution in [1.82, 2.24) is 15.2 Å². The zero-order valence-electron chi connectivity index (χ0n) is 18.5. The molecule has 1 amide bonds. The second-order valence-corrected chi connectivity index (χ2v) is 10.8. The topological polar surface area (TPSA) is 67.8 Å². The predicted octanol–water partition coefficient (Wildman–Crippen LogP) is 7.91. The number of halogens is 2. The van der Waals surface area contributed by atoms with Crippen LogP contribution in [0.1, 0.15) is 21.5 Å². The van der Waals surface area contributed by atoms with Crippen LogP contribution in [0.3, 0.4) is 0 Å². The van der Waals surface area contributed by atoms with Gasteiger partial charge in [0.1, 0.15) is 0 Å². The molecule has 0 atom stereocenters. The van der Waals surface area contributed by atoms with E-state index in [1.54, 1.807) is 12.1 Å². The summed E-state index contributed by atoms with van der Waals surface area (Å²) in [5, 5.41) is 13.6. The van der Waals surface area contributed by atoms with E-state index in [2.05, 4.69) is 15.5 Å². The molecule has 0 saturated heterocycles. The fraction of sp³-hybridized carbons (Fsp3) is 0.0769. The summed E-state index contributed by atoms with van der Waals surface area (Å²) in [5.41, 5.74) is 4.96. The lowest BCUT2D eigenvalue weighted by atomic mass is 10.0. The third-order valence-corrected chi connectivity index (χ3v) is 8.04. The van der Waals surface area contributed by atoms with Crippen molar-refractivity contribution >= 4 is 68.2 Å². The number of fused-ring (bicyclic) bond motifs is 1. The van der Waals surface area contributed by atoms with E-state index in [-0.39, 0.29) is 5.91 Å². The van der Waals surface area contributed by atoms with Crippen LogP contribution in [0.4, 0.5) is 5.13 Å². The van der Waals surface area contributed by atoms with Crippen LogP contribution >= 0.6 is 46.3 Å². The molecule has 0 saturated carbocycles. The monoisotopic (exact) mass is 536 g/mol. The van der Waals surface area contributed by atoms with Crippen molar-refractivity contribution in [3.8, 4) is 11.3 Å². The molecule has 35 heavy (non-hydrogen) atoms. The van der Waals surface area contributed by atoms with Crippen LogP contribution in [0.2, 0.25) is 10.0 Å². The molecule has 174 valence electrons. The Kier molecular flexibility index (Phi) is 7.02. The lowest BCUT2D eigenvalue weighted by molar-refractivity contribution is 0.102. The number of carbonyl (C=O) groups is 1. The molecule has 5 aromatic rings. The maximum atomic E-state index is 13.3. The summed E-state index contributed by atoms with van der Waals surface area (Å²) in [7, 11) is 0. The van der Waals surface area contributed by atoms with Gasteiger partial charge in [-0.2, -0.15) is 0 Å². The van der Waals surface area contributed by atoms with E-state index in [1.165, 1.54) is 23.1 Å². The van der Waals surface area contributed by atoms with E-state index in [4.69, 9.17) is 28.2 Å². The van der Waals surface area contributed by atoms with E-state index in [0.717, 1.165) is 33.3 Å². The Bertz CT molecular complexity index is 1520. The third kappa shape index (κ3) is 5.33. The highest BCUT2D eigenvalue weighted by Gasteiger charge is 2.17. The summed E-state index contributed by atoms with van der Waals surface area (Å²) in [6.45, 7) is 2.04. The maximum absolute atomic E-state index is 13.3. The number of hydrogen-bond acceptors (Lipinski definition) is 6. The molecule has 0 spiro atoms. The quantitative estimate of drug-likeness (QED) is 0.176. The summed E-state index contributed by atoms with van der Waals surface area (Å²) >= 11 is 15.3. The number of benzene rings is 3. The molecular weight excluding hydrogens is 519 g/mol. The molecule has 1 N–H and O–H groups in total. The molecule has 0 fully saturated rings. The number of aryl methyl sites for hydroxylation is 1. The minimum atomic E-state index is -0.265. The highest BCUT2D eigenvalue weighted by atomic mass is 35.5. The first kappa shape index (κ1) is 23.8. The average molecular weight is 537 g/mol. The lowest BCUT2D eigenvalue weighted by Crippen LogP contribution is -2.13. The molecule has 0 radical (unpaired) electrons. The Morgan fingerprint density at radius 1 is 0.971 bits per heavy atom. The van der Waals surface area contributed by atoms with Crippen molar-refractivity contribution in [2.24, 2.45) is 0 Å². The second-order valence-electron chi connectivity index (χ2n) is 7.75. The fourth-order valence-corrected chi connectivity index (χ4v) is 6.01. The number of nitrogens with zero attached hydrogens (tertiary/aromatic N) is 3. The van der Waals surface area contributed by atoms with Gasteiger partial charge in [0.25, 0.3) is 5.91 Å². The summed E-state index contributed by atoms with van der Waals surface area (Å²) in [6, 6.07) is 22.9. The van der Waals surface area contributed by atoms with Crippen molar-refractivity contribution in [3.63, 3.8) is 0 Å². The second kappa shape index (κ2) is 10.3. The Hall–Kier alpha value is -2.97. The van der Waals surface area contributed by atoms with E-state index in [9.17, 15) is 4.79 Å². The highest BCUT2D eigenvalue weighted by Crippen LogP contribution is 2.34. The van der Waals surface area contributed by atoms with Crippen molar-refractivity contribution in [1.29, 1.82) is 0 Å². The van der Waals surface area contributed by atoms with Crippen molar-refractivity contribution < 1.29 is 4.79 Å². The first-order valence-electron chi connectivity index (χ1n) is 10.7. The van der Waals surface area contributed by atoms with E-state index >= 15 is 0 Å². The minimum Gasteiger partial charge on any atom is -0.296 e. The first-order valence-corrected chi connectivity index (χ1v) is 13.2. The van der Waals surface area contributed by atoms with E-state index in [1.807, 2.05) is 67.6 Å². The average Bonchev–Trinajstić information content (AvgIpc) is 3.30. The van der Waals surface area contributed by atoms with Gasteiger partial charge in [-0.3, -0.25) is 10.1 Å². The fourth-order valence-electron chi connectivity index (χ4n) is 3.52. The van der Waals surface area contributed by atoms with Crippen molar-refractivity contribution in [2.45, 2.75) is 17.0 Å². The maximum Gasteiger partial charge on any atom is 0.258 e. The van der Waals surface area contributed by atoms with Gasteiger partial charge < -0.3 is 0 Å².